The highest BCUT2D eigenvalue weighted by Gasteiger charge is 2.15. The predicted octanol–water partition coefficient (Wildman–Crippen LogP) is 7.43. The first kappa shape index (κ1) is 23.2. The Labute approximate surface area is 163 Å². The molecular weight excluding hydrogens is 318 g/mol. The van der Waals surface area contributed by atoms with Crippen LogP contribution in [0.4, 0.5) is 0 Å². The van der Waals surface area contributed by atoms with Crippen molar-refractivity contribution in [3.63, 3.8) is 0 Å². The van der Waals surface area contributed by atoms with Crippen LogP contribution in [0.1, 0.15) is 122 Å². The van der Waals surface area contributed by atoms with E-state index in [1.165, 1.54) is 103 Å². The second-order valence-corrected chi connectivity index (χ2v) is 8.13. The first-order valence-corrected chi connectivity index (χ1v) is 11.8. The highest BCUT2D eigenvalue weighted by molar-refractivity contribution is 5.76. The Balaban J connectivity index is 1.80. The molecule has 0 radical (unpaired) electrons. The van der Waals surface area contributed by atoms with E-state index in [9.17, 15) is 4.79 Å². The summed E-state index contributed by atoms with van der Waals surface area (Å²) in [5, 5.41) is 0. The van der Waals surface area contributed by atoms with Gasteiger partial charge in [-0.25, -0.2) is 0 Å². The van der Waals surface area contributed by atoms with Crippen LogP contribution in [0.2, 0.25) is 0 Å². The van der Waals surface area contributed by atoms with Crippen molar-refractivity contribution in [3.8, 4) is 0 Å². The van der Waals surface area contributed by atoms with Crippen LogP contribution < -0.4 is 0 Å². The maximum Gasteiger partial charge on any atom is 0.222 e. The Morgan fingerprint density at radius 2 is 1.31 bits per heavy atom. The van der Waals surface area contributed by atoms with Gasteiger partial charge >= 0.3 is 0 Å². The van der Waals surface area contributed by atoms with Crippen LogP contribution in [0, 0.1) is 0 Å². The third kappa shape index (κ3) is 13.4. The van der Waals surface area contributed by atoms with Crippen LogP contribution >= 0.6 is 0 Å². The molecule has 1 amide bonds. The van der Waals surface area contributed by atoms with Gasteiger partial charge in [0.2, 0.25) is 5.91 Å². The fourth-order valence-electron chi connectivity index (χ4n) is 3.83. The molecule has 0 aromatic carbocycles. The first-order valence-electron chi connectivity index (χ1n) is 11.8. The summed E-state index contributed by atoms with van der Waals surface area (Å²) in [6.45, 7) is 4.28. The minimum atomic E-state index is 0.398. The van der Waals surface area contributed by atoms with E-state index in [1.807, 2.05) is 0 Å². The quantitative estimate of drug-likeness (QED) is 0.206. The molecule has 0 aliphatic carbocycles. The van der Waals surface area contributed by atoms with Crippen molar-refractivity contribution in [1.29, 1.82) is 0 Å². The summed E-state index contributed by atoms with van der Waals surface area (Å²) >= 11 is 0. The lowest BCUT2D eigenvalue weighted by atomic mass is 10.1. The number of hydrogen-bond acceptors (Lipinski definition) is 1. The molecule has 0 spiro atoms. The molecule has 1 heterocycles. The van der Waals surface area contributed by atoms with E-state index in [1.54, 1.807) is 0 Å². The van der Waals surface area contributed by atoms with Crippen LogP contribution in [0.5, 0.6) is 0 Å². The first-order chi connectivity index (χ1) is 12.8. The van der Waals surface area contributed by atoms with E-state index in [-0.39, 0.29) is 0 Å². The molecule has 0 N–H and O–H groups in total. The van der Waals surface area contributed by atoms with Crippen LogP contribution in [0.3, 0.4) is 0 Å². The van der Waals surface area contributed by atoms with Crippen molar-refractivity contribution in [2.75, 3.05) is 13.1 Å². The number of carbonyl (C=O) groups excluding carboxylic acids is 1. The molecule has 2 heteroatoms. The standard InChI is InChI=1S/C24H45NO/c1-2-3-4-5-6-7-8-9-10-11-12-13-14-15-16-19-22-25-23-20-17-18-21-24(25)26/h9-10H,2-8,11-23H2,1H3/b10-9+. The van der Waals surface area contributed by atoms with Gasteiger partial charge in [0.15, 0.2) is 0 Å². The maximum absolute atomic E-state index is 11.9. The summed E-state index contributed by atoms with van der Waals surface area (Å²) in [5.41, 5.74) is 0. The number of carbonyl (C=O) groups is 1. The molecule has 2 nitrogen and oxygen atoms in total. The van der Waals surface area contributed by atoms with Gasteiger partial charge in [-0.1, -0.05) is 83.3 Å². The van der Waals surface area contributed by atoms with E-state index in [0.717, 1.165) is 25.9 Å². The molecule has 0 saturated carbocycles. The SMILES string of the molecule is CCCCCCCC/C=C/CCCCCCCCN1CCCCCC1=O. The van der Waals surface area contributed by atoms with Crippen molar-refractivity contribution < 1.29 is 4.79 Å². The summed E-state index contributed by atoms with van der Waals surface area (Å²) in [7, 11) is 0. The molecule has 1 aliphatic heterocycles. The Morgan fingerprint density at radius 1 is 0.731 bits per heavy atom. The van der Waals surface area contributed by atoms with Gasteiger partial charge in [-0.3, -0.25) is 4.79 Å². The monoisotopic (exact) mass is 363 g/mol. The largest absolute Gasteiger partial charge is 0.343 e. The fourth-order valence-corrected chi connectivity index (χ4v) is 3.83. The Morgan fingerprint density at radius 3 is 1.96 bits per heavy atom. The van der Waals surface area contributed by atoms with E-state index in [2.05, 4.69) is 24.0 Å². The smallest absolute Gasteiger partial charge is 0.222 e. The number of likely N-dealkylation sites (tertiary alicyclic amines) is 1. The van der Waals surface area contributed by atoms with Gasteiger partial charge in [0, 0.05) is 19.5 Å². The summed E-state index contributed by atoms with van der Waals surface area (Å²) in [4.78, 5) is 14.0. The third-order valence-electron chi connectivity index (χ3n) is 5.61. The number of allylic oxidation sites excluding steroid dienone is 2. The maximum atomic E-state index is 11.9. The molecule has 1 aliphatic rings. The lowest BCUT2D eigenvalue weighted by molar-refractivity contribution is -0.130. The van der Waals surface area contributed by atoms with Crippen molar-refractivity contribution >= 4 is 5.91 Å². The Kier molecular flexibility index (Phi) is 15.8. The molecule has 152 valence electrons. The molecule has 0 aromatic heterocycles. The molecule has 1 fully saturated rings. The zero-order valence-electron chi connectivity index (χ0n) is 17.7. The van der Waals surface area contributed by atoms with Crippen molar-refractivity contribution in [1.82, 2.24) is 4.90 Å². The van der Waals surface area contributed by atoms with Crippen molar-refractivity contribution in [2.45, 2.75) is 122 Å². The van der Waals surface area contributed by atoms with Gasteiger partial charge in [-0.15, -0.1) is 0 Å². The van der Waals surface area contributed by atoms with Crippen molar-refractivity contribution in [2.24, 2.45) is 0 Å². The predicted molar refractivity (Wildman–Crippen MR) is 115 cm³/mol. The summed E-state index contributed by atoms with van der Waals surface area (Å²) < 4.78 is 0. The second-order valence-electron chi connectivity index (χ2n) is 8.13. The minimum absolute atomic E-state index is 0.398. The fraction of sp³-hybridized carbons (Fsp3) is 0.875. The number of nitrogens with zero attached hydrogens (tertiary/aromatic N) is 1. The van der Waals surface area contributed by atoms with Crippen LogP contribution in [-0.2, 0) is 4.79 Å². The number of hydrogen-bond donors (Lipinski definition) is 0. The third-order valence-corrected chi connectivity index (χ3v) is 5.61. The topological polar surface area (TPSA) is 20.3 Å². The van der Waals surface area contributed by atoms with E-state index in [4.69, 9.17) is 0 Å². The lowest BCUT2D eigenvalue weighted by Crippen LogP contribution is -2.31. The molecule has 0 unspecified atom stereocenters. The van der Waals surface area contributed by atoms with Gasteiger partial charge in [0.1, 0.15) is 0 Å². The number of amides is 1. The molecular formula is C24H45NO. The van der Waals surface area contributed by atoms with Crippen LogP contribution in [0.25, 0.3) is 0 Å². The average molecular weight is 364 g/mol. The van der Waals surface area contributed by atoms with Gasteiger partial charge in [-0.2, -0.15) is 0 Å². The second kappa shape index (κ2) is 17.6. The Hall–Kier alpha value is -0.790. The van der Waals surface area contributed by atoms with Crippen molar-refractivity contribution in [3.05, 3.63) is 12.2 Å². The summed E-state index contributed by atoms with van der Waals surface area (Å²) in [6.07, 6.45) is 27.9. The van der Waals surface area contributed by atoms with Crippen LogP contribution in [-0.4, -0.2) is 23.9 Å². The molecule has 1 saturated heterocycles. The zero-order valence-corrected chi connectivity index (χ0v) is 17.7. The summed E-state index contributed by atoms with van der Waals surface area (Å²) in [6, 6.07) is 0. The molecule has 1 rings (SSSR count). The lowest BCUT2D eigenvalue weighted by Gasteiger charge is -2.20. The van der Waals surface area contributed by atoms with Gasteiger partial charge in [0.05, 0.1) is 0 Å². The highest BCUT2D eigenvalue weighted by atomic mass is 16.2. The summed E-state index contributed by atoms with van der Waals surface area (Å²) in [5.74, 6) is 0.398. The van der Waals surface area contributed by atoms with Gasteiger partial charge in [0.25, 0.3) is 0 Å². The minimum Gasteiger partial charge on any atom is -0.343 e. The number of rotatable bonds is 16. The normalized spacial score (nSPS) is 15.7. The molecule has 0 aromatic rings. The van der Waals surface area contributed by atoms with Gasteiger partial charge < -0.3 is 4.90 Å². The van der Waals surface area contributed by atoms with Crippen LogP contribution in [0.15, 0.2) is 12.2 Å². The Bertz CT molecular complexity index is 350. The number of unbranched alkanes of at least 4 members (excludes halogenated alkanes) is 12. The van der Waals surface area contributed by atoms with E-state index >= 15 is 0 Å². The van der Waals surface area contributed by atoms with E-state index in [0.29, 0.717) is 5.91 Å². The molecule has 26 heavy (non-hydrogen) atoms. The average Bonchev–Trinajstić information content (AvgIpc) is 2.85. The molecule has 0 bridgehead atoms. The molecule has 0 atom stereocenters. The zero-order chi connectivity index (χ0) is 18.7. The highest BCUT2D eigenvalue weighted by Crippen LogP contribution is 2.13. The van der Waals surface area contributed by atoms with E-state index < -0.39 is 0 Å². The van der Waals surface area contributed by atoms with Gasteiger partial charge in [-0.05, 0) is 44.9 Å².